The zero-order valence-corrected chi connectivity index (χ0v) is 11.0. The molecule has 1 amide bonds. The van der Waals surface area contributed by atoms with Crippen molar-refractivity contribution in [1.29, 1.82) is 0 Å². The maximum absolute atomic E-state index is 12.0. The third-order valence-electron chi connectivity index (χ3n) is 3.20. The zero-order chi connectivity index (χ0) is 13.1. The smallest absolute Gasteiger partial charge is 0.326 e. The Balaban J connectivity index is 2.56. The van der Waals surface area contributed by atoms with Gasteiger partial charge in [0.1, 0.15) is 6.04 Å². The van der Waals surface area contributed by atoms with Crippen molar-refractivity contribution < 1.29 is 14.7 Å². The number of likely N-dealkylation sites (tertiary alicyclic amines) is 1. The van der Waals surface area contributed by atoms with Gasteiger partial charge in [0.05, 0.1) is 0 Å². The molecule has 4 nitrogen and oxygen atoms in total. The summed E-state index contributed by atoms with van der Waals surface area (Å²) in [5.41, 5.74) is 0.115. The molecule has 1 heterocycles. The fourth-order valence-corrected chi connectivity index (χ4v) is 2.11. The summed E-state index contributed by atoms with van der Waals surface area (Å²) in [4.78, 5) is 24.7. The van der Waals surface area contributed by atoms with Crippen LogP contribution in [0.5, 0.6) is 0 Å². The molecule has 0 spiro atoms. The third-order valence-corrected chi connectivity index (χ3v) is 3.20. The van der Waals surface area contributed by atoms with Crippen molar-refractivity contribution in [3.63, 3.8) is 0 Å². The highest BCUT2D eigenvalue weighted by Crippen LogP contribution is 2.23. The number of carboxylic acids is 1. The van der Waals surface area contributed by atoms with Gasteiger partial charge in [0.15, 0.2) is 0 Å². The first-order valence-electron chi connectivity index (χ1n) is 6.33. The first-order chi connectivity index (χ1) is 7.81. The molecule has 1 rings (SSSR count). The molecule has 1 atom stereocenters. The van der Waals surface area contributed by atoms with Gasteiger partial charge in [-0.1, -0.05) is 20.8 Å². The SMILES string of the molecule is CC(C)(C)CCC(=O)N1CCCC[C@@H]1C(=O)O. The van der Waals surface area contributed by atoms with Crippen LogP contribution in [0.4, 0.5) is 0 Å². The third kappa shape index (κ3) is 4.36. The van der Waals surface area contributed by atoms with Gasteiger partial charge in [-0.05, 0) is 31.1 Å². The monoisotopic (exact) mass is 241 g/mol. The van der Waals surface area contributed by atoms with Crippen LogP contribution in [0.3, 0.4) is 0 Å². The van der Waals surface area contributed by atoms with E-state index in [0.717, 1.165) is 19.3 Å². The topological polar surface area (TPSA) is 57.6 Å². The minimum atomic E-state index is -0.867. The van der Waals surface area contributed by atoms with Crippen molar-refractivity contribution in [2.45, 2.75) is 58.9 Å². The zero-order valence-electron chi connectivity index (χ0n) is 11.0. The Hall–Kier alpha value is -1.06. The van der Waals surface area contributed by atoms with Crippen molar-refractivity contribution in [3.8, 4) is 0 Å². The van der Waals surface area contributed by atoms with Crippen molar-refractivity contribution >= 4 is 11.9 Å². The molecule has 0 unspecified atom stereocenters. The van der Waals surface area contributed by atoms with Gasteiger partial charge in [-0.3, -0.25) is 4.79 Å². The quantitative estimate of drug-likeness (QED) is 0.824. The number of carbonyl (C=O) groups excluding carboxylic acids is 1. The molecule has 17 heavy (non-hydrogen) atoms. The van der Waals surface area contributed by atoms with Crippen LogP contribution >= 0.6 is 0 Å². The molecule has 0 aromatic rings. The number of hydrogen-bond acceptors (Lipinski definition) is 2. The molecule has 1 aliphatic heterocycles. The summed E-state index contributed by atoms with van der Waals surface area (Å²) in [6.07, 6.45) is 3.67. The van der Waals surface area contributed by atoms with Crippen LogP contribution in [-0.2, 0) is 9.59 Å². The van der Waals surface area contributed by atoms with Crippen LogP contribution < -0.4 is 0 Å². The highest BCUT2D eigenvalue weighted by atomic mass is 16.4. The summed E-state index contributed by atoms with van der Waals surface area (Å²) in [6.45, 7) is 6.86. The maximum atomic E-state index is 12.0. The molecule has 0 radical (unpaired) electrons. The molecular formula is C13H23NO3. The van der Waals surface area contributed by atoms with Gasteiger partial charge in [0.2, 0.25) is 5.91 Å². The lowest BCUT2D eigenvalue weighted by molar-refractivity contribution is -0.152. The van der Waals surface area contributed by atoms with Crippen molar-refractivity contribution in [2.24, 2.45) is 5.41 Å². The largest absolute Gasteiger partial charge is 0.480 e. The lowest BCUT2D eigenvalue weighted by atomic mass is 9.90. The summed E-state index contributed by atoms with van der Waals surface area (Å²) < 4.78 is 0. The molecule has 1 aliphatic rings. The summed E-state index contributed by atoms with van der Waals surface area (Å²) in [7, 11) is 0. The van der Waals surface area contributed by atoms with Crippen LogP contribution in [0.2, 0.25) is 0 Å². The summed E-state index contributed by atoms with van der Waals surface area (Å²) in [5.74, 6) is -0.874. The predicted octanol–water partition coefficient (Wildman–Crippen LogP) is 2.28. The second-order valence-electron chi connectivity index (χ2n) is 6.00. The lowest BCUT2D eigenvalue weighted by Gasteiger charge is -2.33. The number of nitrogens with zero attached hydrogens (tertiary/aromatic N) is 1. The Morgan fingerprint density at radius 2 is 1.94 bits per heavy atom. The first-order valence-corrected chi connectivity index (χ1v) is 6.33. The van der Waals surface area contributed by atoms with Gasteiger partial charge in [-0.25, -0.2) is 4.79 Å². The first kappa shape index (κ1) is 14.0. The molecule has 0 aromatic carbocycles. The van der Waals surface area contributed by atoms with Crippen molar-refractivity contribution in [2.75, 3.05) is 6.54 Å². The number of carboxylic acid groups (broad SMARTS) is 1. The normalized spacial score (nSPS) is 21.4. The van der Waals surface area contributed by atoms with Gasteiger partial charge in [0, 0.05) is 13.0 Å². The number of amides is 1. The van der Waals surface area contributed by atoms with E-state index in [9.17, 15) is 9.59 Å². The van der Waals surface area contributed by atoms with Crippen LogP contribution in [0.1, 0.15) is 52.9 Å². The van der Waals surface area contributed by atoms with E-state index >= 15 is 0 Å². The molecule has 0 saturated carbocycles. The van der Waals surface area contributed by atoms with Gasteiger partial charge in [-0.2, -0.15) is 0 Å². The fraction of sp³-hybridized carbons (Fsp3) is 0.846. The average molecular weight is 241 g/mol. The predicted molar refractivity (Wildman–Crippen MR) is 65.7 cm³/mol. The molecule has 1 fully saturated rings. The van der Waals surface area contributed by atoms with E-state index in [2.05, 4.69) is 20.8 Å². The number of hydrogen-bond donors (Lipinski definition) is 1. The number of carbonyl (C=O) groups is 2. The standard InChI is InChI=1S/C13H23NO3/c1-13(2,3)8-7-11(15)14-9-5-4-6-10(14)12(16)17/h10H,4-9H2,1-3H3,(H,16,17)/t10-/m1/s1. The highest BCUT2D eigenvalue weighted by molar-refractivity contribution is 5.83. The van der Waals surface area contributed by atoms with E-state index in [0.29, 0.717) is 19.4 Å². The van der Waals surface area contributed by atoms with Gasteiger partial charge >= 0.3 is 5.97 Å². The molecule has 0 aliphatic carbocycles. The second kappa shape index (κ2) is 5.52. The van der Waals surface area contributed by atoms with E-state index in [1.165, 1.54) is 0 Å². The number of rotatable bonds is 3. The van der Waals surface area contributed by atoms with Crippen LogP contribution in [0.25, 0.3) is 0 Å². The lowest BCUT2D eigenvalue weighted by Crippen LogP contribution is -2.48. The summed E-state index contributed by atoms with van der Waals surface area (Å²) >= 11 is 0. The van der Waals surface area contributed by atoms with Crippen molar-refractivity contribution in [3.05, 3.63) is 0 Å². The second-order valence-corrected chi connectivity index (χ2v) is 6.00. The summed E-state index contributed by atoms with van der Waals surface area (Å²) in [6, 6.07) is -0.601. The van der Waals surface area contributed by atoms with E-state index in [1.807, 2.05) is 0 Å². The molecule has 1 saturated heterocycles. The fourth-order valence-electron chi connectivity index (χ4n) is 2.11. The average Bonchev–Trinajstić information content (AvgIpc) is 2.25. The van der Waals surface area contributed by atoms with Gasteiger partial charge in [-0.15, -0.1) is 0 Å². The molecular weight excluding hydrogens is 218 g/mol. The number of aliphatic carboxylic acids is 1. The van der Waals surface area contributed by atoms with Crippen LogP contribution in [-0.4, -0.2) is 34.5 Å². The van der Waals surface area contributed by atoms with E-state index in [-0.39, 0.29) is 11.3 Å². The molecule has 1 N–H and O–H groups in total. The van der Waals surface area contributed by atoms with Crippen LogP contribution in [0.15, 0.2) is 0 Å². The minimum Gasteiger partial charge on any atom is -0.480 e. The van der Waals surface area contributed by atoms with Gasteiger partial charge < -0.3 is 10.0 Å². The minimum absolute atomic E-state index is 0.00738. The molecule has 0 aromatic heterocycles. The Morgan fingerprint density at radius 3 is 2.47 bits per heavy atom. The molecule has 98 valence electrons. The van der Waals surface area contributed by atoms with Crippen LogP contribution in [0, 0.1) is 5.41 Å². The van der Waals surface area contributed by atoms with E-state index in [4.69, 9.17) is 5.11 Å². The van der Waals surface area contributed by atoms with E-state index < -0.39 is 12.0 Å². The Morgan fingerprint density at radius 1 is 1.29 bits per heavy atom. The highest BCUT2D eigenvalue weighted by Gasteiger charge is 2.31. The Labute approximate surface area is 103 Å². The van der Waals surface area contributed by atoms with E-state index in [1.54, 1.807) is 4.90 Å². The Kier molecular flexibility index (Phi) is 4.54. The van der Waals surface area contributed by atoms with Crippen molar-refractivity contribution in [1.82, 2.24) is 4.90 Å². The Bertz CT molecular complexity index is 294. The molecule has 0 bridgehead atoms. The number of piperidine rings is 1. The maximum Gasteiger partial charge on any atom is 0.326 e. The van der Waals surface area contributed by atoms with Gasteiger partial charge in [0.25, 0.3) is 0 Å². The molecule has 4 heteroatoms. The summed E-state index contributed by atoms with van der Waals surface area (Å²) in [5, 5.41) is 9.09.